The highest BCUT2D eigenvalue weighted by Crippen LogP contribution is 2.31. The van der Waals surface area contributed by atoms with Gasteiger partial charge in [0.25, 0.3) is 5.91 Å². The van der Waals surface area contributed by atoms with Gasteiger partial charge in [-0.05, 0) is 19.9 Å². The molecule has 2 aliphatic rings. The molecule has 2 aromatic heterocycles. The Bertz CT molecular complexity index is 1160. The standard InChI is InChI=1S/C23H24N4O3/c1-15-18-7-3-4-8-19(18)30-21(15)23(29)27-12-11-26-14-17(24-22(26)16(27)2)13-20(28)25-9-5-6-10-25/h3-8,14,16H,9-13H2,1-2H3/t16-/m0/s1. The predicted octanol–water partition coefficient (Wildman–Crippen LogP) is 3.10. The minimum atomic E-state index is -0.198. The Hall–Kier alpha value is -3.35. The van der Waals surface area contributed by atoms with E-state index in [4.69, 9.17) is 9.40 Å². The first-order chi connectivity index (χ1) is 14.5. The number of aromatic nitrogens is 2. The summed E-state index contributed by atoms with van der Waals surface area (Å²) in [6.07, 6.45) is 6.23. The summed E-state index contributed by atoms with van der Waals surface area (Å²) >= 11 is 0. The molecular formula is C23H24N4O3. The number of para-hydroxylation sites is 1. The van der Waals surface area contributed by atoms with Crippen LogP contribution in [0.4, 0.5) is 0 Å². The fourth-order valence-corrected chi connectivity index (χ4v) is 4.37. The van der Waals surface area contributed by atoms with Crippen molar-refractivity contribution in [2.75, 3.05) is 19.6 Å². The fourth-order valence-electron chi connectivity index (χ4n) is 4.37. The summed E-state index contributed by atoms with van der Waals surface area (Å²) in [4.78, 5) is 34.1. The molecule has 0 N–H and O–H groups in total. The highest BCUT2D eigenvalue weighted by atomic mass is 16.3. The number of hydrogen-bond acceptors (Lipinski definition) is 4. The van der Waals surface area contributed by atoms with Crippen LogP contribution in [-0.2, 0) is 17.8 Å². The number of furan rings is 1. The smallest absolute Gasteiger partial charge is 0.290 e. The van der Waals surface area contributed by atoms with E-state index >= 15 is 0 Å². The van der Waals surface area contributed by atoms with Gasteiger partial charge in [-0.25, -0.2) is 4.98 Å². The zero-order valence-corrected chi connectivity index (χ0v) is 17.2. The molecule has 0 saturated heterocycles. The van der Waals surface area contributed by atoms with Crippen molar-refractivity contribution in [2.45, 2.75) is 32.9 Å². The Kier molecular flexibility index (Phi) is 4.46. The summed E-state index contributed by atoms with van der Waals surface area (Å²) in [7, 11) is 0. The molecule has 154 valence electrons. The molecule has 0 bridgehead atoms. The topological polar surface area (TPSA) is 71.6 Å². The summed E-state index contributed by atoms with van der Waals surface area (Å²) in [5.74, 6) is 1.16. The minimum absolute atomic E-state index is 0.0777. The van der Waals surface area contributed by atoms with Crippen LogP contribution in [0.1, 0.15) is 40.6 Å². The van der Waals surface area contributed by atoms with Crippen LogP contribution < -0.4 is 0 Å². The highest BCUT2D eigenvalue weighted by Gasteiger charge is 2.33. The second-order valence-corrected chi connectivity index (χ2v) is 7.96. The normalized spacial score (nSPS) is 18.3. The fraction of sp³-hybridized carbons (Fsp3) is 0.348. The number of amides is 2. The van der Waals surface area contributed by atoms with Gasteiger partial charge in [0, 0.05) is 43.3 Å². The molecule has 0 unspecified atom stereocenters. The van der Waals surface area contributed by atoms with Gasteiger partial charge in [-0.2, -0.15) is 0 Å². The summed E-state index contributed by atoms with van der Waals surface area (Å²) in [6.45, 7) is 6.46. The van der Waals surface area contributed by atoms with Crippen LogP contribution >= 0.6 is 0 Å². The van der Waals surface area contributed by atoms with Crippen LogP contribution in [0.5, 0.6) is 0 Å². The van der Waals surface area contributed by atoms with Gasteiger partial charge < -0.3 is 18.8 Å². The van der Waals surface area contributed by atoms with Crippen LogP contribution in [0.2, 0.25) is 0 Å². The largest absolute Gasteiger partial charge is 0.451 e. The molecule has 30 heavy (non-hydrogen) atoms. The van der Waals surface area contributed by atoms with Gasteiger partial charge in [0.05, 0.1) is 18.2 Å². The van der Waals surface area contributed by atoms with E-state index < -0.39 is 0 Å². The number of hydrogen-bond donors (Lipinski definition) is 0. The molecule has 3 aromatic rings. The Morgan fingerprint density at radius 3 is 2.70 bits per heavy atom. The molecule has 0 radical (unpaired) electrons. The number of carbonyl (C=O) groups excluding carboxylic acids is 2. The Balaban J connectivity index is 1.37. The third-order valence-corrected chi connectivity index (χ3v) is 6.08. The Labute approximate surface area is 174 Å². The van der Waals surface area contributed by atoms with Crippen molar-refractivity contribution < 1.29 is 14.0 Å². The molecule has 5 rings (SSSR count). The first-order valence-electron chi connectivity index (χ1n) is 10.3. The van der Waals surface area contributed by atoms with E-state index in [2.05, 4.69) is 4.57 Å². The number of imidazole rings is 1. The summed E-state index contributed by atoms with van der Waals surface area (Å²) in [5, 5.41) is 0.962. The van der Waals surface area contributed by atoms with E-state index in [9.17, 15) is 9.59 Å². The van der Waals surface area contributed by atoms with Crippen molar-refractivity contribution in [3.05, 3.63) is 65.5 Å². The molecule has 7 nitrogen and oxygen atoms in total. The molecule has 2 amide bonds. The molecule has 0 fully saturated rings. The van der Waals surface area contributed by atoms with Crippen LogP contribution in [-0.4, -0.2) is 50.8 Å². The maximum Gasteiger partial charge on any atom is 0.290 e. The van der Waals surface area contributed by atoms with Crippen molar-refractivity contribution in [1.82, 2.24) is 19.4 Å². The van der Waals surface area contributed by atoms with Gasteiger partial charge in [0.15, 0.2) is 5.76 Å². The molecule has 2 aliphatic heterocycles. The predicted molar refractivity (Wildman–Crippen MR) is 112 cm³/mol. The second-order valence-electron chi connectivity index (χ2n) is 7.96. The van der Waals surface area contributed by atoms with E-state index in [1.807, 2.05) is 66.3 Å². The Morgan fingerprint density at radius 2 is 1.93 bits per heavy atom. The summed E-state index contributed by atoms with van der Waals surface area (Å²) in [5.41, 5.74) is 2.34. The lowest BCUT2D eigenvalue weighted by atomic mass is 10.1. The highest BCUT2D eigenvalue weighted by molar-refractivity contribution is 5.99. The molecule has 0 spiro atoms. The zero-order valence-electron chi connectivity index (χ0n) is 17.2. The number of nitrogens with zero attached hydrogens (tertiary/aromatic N) is 4. The van der Waals surface area contributed by atoms with Gasteiger partial charge in [-0.15, -0.1) is 0 Å². The van der Waals surface area contributed by atoms with Crippen molar-refractivity contribution in [3.8, 4) is 0 Å². The van der Waals surface area contributed by atoms with Crippen LogP contribution in [0.25, 0.3) is 11.0 Å². The van der Waals surface area contributed by atoms with E-state index in [0.29, 0.717) is 31.9 Å². The number of benzene rings is 1. The van der Waals surface area contributed by atoms with E-state index in [1.165, 1.54) is 0 Å². The van der Waals surface area contributed by atoms with Crippen molar-refractivity contribution in [2.24, 2.45) is 0 Å². The first kappa shape index (κ1) is 18.7. The quantitative estimate of drug-likeness (QED) is 0.629. The summed E-state index contributed by atoms with van der Waals surface area (Å²) in [6, 6.07) is 7.50. The SMILES string of the molecule is Cc1c(C(=O)N2CCn3cc(CC(=O)N4CC=CC4)nc3[C@@H]2C)oc2ccccc12. The minimum Gasteiger partial charge on any atom is -0.451 e. The van der Waals surface area contributed by atoms with E-state index in [0.717, 1.165) is 28.1 Å². The zero-order chi connectivity index (χ0) is 20.8. The van der Waals surface area contributed by atoms with Crippen LogP contribution in [0.15, 0.2) is 47.0 Å². The lowest BCUT2D eigenvalue weighted by Crippen LogP contribution is -2.41. The van der Waals surface area contributed by atoms with Crippen molar-refractivity contribution >= 4 is 22.8 Å². The van der Waals surface area contributed by atoms with Crippen LogP contribution in [0, 0.1) is 6.92 Å². The van der Waals surface area contributed by atoms with E-state index in [1.54, 1.807) is 0 Å². The van der Waals surface area contributed by atoms with Crippen molar-refractivity contribution in [1.29, 1.82) is 0 Å². The third-order valence-electron chi connectivity index (χ3n) is 6.08. The monoisotopic (exact) mass is 404 g/mol. The van der Waals surface area contributed by atoms with Gasteiger partial charge >= 0.3 is 0 Å². The number of carbonyl (C=O) groups is 2. The van der Waals surface area contributed by atoms with Crippen LogP contribution in [0.3, 0.4) is 0 Å². The van der Waals surface area contributed by atoms with E-state index in [-0.39, 0.29) is 24.3 Å². The molecule has 0 saturated carbocycles. The van der Waals surface area contributed by atoms with Gasteiger partial charge in [0.2, 0.25) is 5.91 Å². The van der Waals surface area contributed by atoms with Gasteiger partial charge in [-0.3, -0.25) is 9.59 Å². The molecule has 4 heterocycles. The first-order valence-corrected chi connectivity index (χ1v) is 10.3. The second kappa shape index (κ2) is 7.16. The summed E-state index contributed by atoms with van der Waals surface area (Å²) < 4.78 is 7.95. The molecule has 7 heteroatoms. The number of rotatable bonds is 3. The number of fused-ring (bicyclic) bond motifs is 2. The third kappa shape index (κ3) is 3.01. The maximum atomic E-state index is 13.3. The molecular weight excluding hydrogens is 380 g/mol. The average molecular weight is 404 g/mol. The average Bonchev–Trinajstić information content (AvgIpc) is 3.47. The number of aryl methyl sites for hydroxylation is 1. The van der Waals surface area contributed by atoms with Gasteiger partial charge in [0.1, 0.15) is 11.4 Å². The molecule has 0 aliphatic carbocycles. The Morgan fingerprint density at radius 1 is 1.17 bits per heavy atom. The maximum absolute atomic E-state index is 13.3. The lowest BCUT2D eigenvalue weighted by Gasteiger charge is -2.33. The van der Waals surface area contributed by atoms with Crippen molar-refractivity contribution in [3.63, 3.8) is 0 Å². The molecule has 1 atom stereocenters. The van der Waals surface area contributed by atoms with Gasteiger partial charge in [-0.1, -0.05) is 30.4 Å². The molecule has 1 aromatic carbocycles. The lowest BCUT2D eigenvalue weighted by molar-refractivity contribution is -0.129.